The lowest BCUT2D eigenvalue weighted by Gasteiger charge is -2.46. The number of amides is 2. The van der Waals surface area contributed by atoms with Crippen molar-refractivity contribution in [3.8, 4) is 5.75 Å². The summed E-state index contributed by atoms with van der Waals surface area (Å²) in [6, 6.07) is 0.908. The van der Waals surface area contributed by atoms with Crippen LogP contribution in [0.3, 0.4) is 0 Å². The standard InChI is InChI=1S/C25H28FN3O8/c1-9(2)7-28-8-16(31)29-14-6-13(26)12-4-10-3-11-5-15(30)19(24(27)36)23(35)25(11,37)22(34)17(10)21(33)18(12)20(14)32/h6,9-11,28,32-33,35,37H,3-5,7-8H2,1-2H3,(H2,27,36)(H,29,31)/t10?,11-,25-/m0/s1. The zero-order valence-corrected chi connectivity index (χ0v) is 20.2. The molecule has 3 atom stereocenters. The molecule has 37 heavy (non-hydrogen) atoms. The molecule has 1 unspecified atom stereocenters. The van der Waals surface area contributed by atoms with Crippen molar-refractivity contribution in [3.05, 3.63) is 39.9 Å². The molecule has 1 aromatic rings. The van der Waals surface area contributed by atoms with Gasteiger partial charge in [-0.15, -0.1) is 0 Å². The van der Waals surface area contributed by atoms with Gasteiger partial charge in [0.25, 0.3) is 5.91 Å². The largest absolute Gasteiger partial charge is 0.508 e. The summed E-state index contributed by atoms with van der Waals surface area (Å²) < 4.78 is 15.1. The van der Waals surface area contributed by atoms with Gasteiger partial charge in [0.05, 0.1) is 17.8 Å². The fraction of sp³-hybridized carbons (Fsp3) is 0.440. The van der Waals surface area contributed by atoms with E-state index in [1.54, 1.807) is 0 Å². The van der Waals surface area contributed by atoms with Crippen molar-refractivity contribution in [3.63, 3.8) is 0 Å². The predicted octanol–water partition coefficient (Wildman–Crippen LogP) is 0.747. The first-order valence-electron chi connectivity index (χ1n) is 11.8. The maximum Gasteiger partial charge on any atom is 0.255 e. The number of aromatic hydroxyl groups is 1. The van der Waals surface area contributed by atoms with Crippen LogP contribution < -0.4 is 16.4 Å². The zero-order valence-electron chi connectivity index (χ0n) is 20.2. The number of fused-ring (bicyclic) bond motifs is 3. The van der Waals surface area contributed by atoms with Gasteiger partial charge in [0.1, 0.15) is 22.9 Å². The number of phenols is 1. The summed E-state index contributed by atoms with van der Waals surface area (Å²) in [6.07, 6.45) is -0.743. The van der Waals surface area contributed by atoms with Crippen molar-refractivity contribution in [2.24, 2.45) is 23.5 Å². The van der Waals surface area contributed by atoms with E-state index in [9.17, 15) is 39.6 Å². The van der Waals surface area contributed by atoms with E-state index in [0.29, 0.717) is 6.54 Å². The monoisotopic (exact) mass is 517 g/mol. The number of rotatable bonds is 6. The van der Waals surface area contributed by atoms with Gasteiger partial charge in [-0.3, -0.25) is 19.2 Å². The molecule has 8 N–H and O–H groups in total. The molecule has 1 saturated carbocycles. The lowest BCUT2D eigenvalue weighted by Crippen LogP contribution is -2.58. The van der Waals surface area contributed by atoms with Crippen LogP contribution in [0.25, 0.3) is 5.76 Å². The smallest absolute Gasteiger partial charge is 0.255 e. The van der Waals surface area contributed by atoms with Crippen molar-refractivity contribution in [2.75, 3.05) is 18.4 Å². The fourth-order valence-corrected chi connectivity index (χ4v) is 5.41. The molecule has 1 fully saturated rings. The van der Waals surface area contributed by atoms with Crippen molar-refractivity contribution in [1.29, 1.82) is 0 Å². The maximum absolute atomic E-state index is 15.1. The second kappa shape index (κ2) is 9.27. The lowest BCUT2D eigenvalue weighted by atomic mass is 9.59. The Kier molecular flexibility index (Phi) is 6.59. The Morgan fingerprint density at radius 1 is 1.22 bits per heavy atom. The lowest BCUT2D eigenvalue weighted by molar-refractivity contribution is -0.147. The van der Waals surface area contributed by atoms with Gasteiger partial charge in [-0.25, -0.2) is 4.39 Å². The first-order chi connectivity index (χ1) is 17.3. The minimum Gasteiger partial charge on any atom is -0.508 e. The maximum atomic E-state index is 15.1. The van der Waals surface area contributed by atoms with Crippen LogP contribution in [-0.2, 0) is 25.6 Å². The summed E-state index contributed by atoms with van der Waals surface area (Å²) in [5.41, 5.74) is 0.277. The number of primary amides is 1. The molecule has 0 spiro atoms. The number of halogens is 1. The molecule has 0 radical (unpaired) electrons. The first kappa shape index (κ1) is 26.3. The number of carbonyl (C=O) groups excluding carboxylic acids is 4. The summed E-state index contributed by atoms with van der Waals surface area (Å²) in [4.78, 5) is 49.8. The molecule has 4 rings (SSSR count). The molecule has 198 valence electrons. The molecule has 0 aromatic heterocycles. The third kappa shape index (κ3) is 4.15. The summed E-state index contributed by atoms with van der Waals surface area (Å²) in [5.74, 6) is -9.21. The molecule has 0 saturated heterocycles. The molecular formula is C25H28FN3O8. The Morgan fingerprint density at radius 3 is 2.51 bits per heavy atom. The van der Waals surface area contributed by atoms with Gasteiger partial charge in [-0.05, 0) is 31.2 Å². The number of nitrogens with one attached hydrogen (secondary N) is 2. The SMILES string of the molecule is CC(C)CNCC(=O)Nc1cc(F)c2c(c1O)C(O)=C1C(=O)[C@]3(O)C(O)=C(C(N)=O)C(=O)C[C@@H]3CC1C2. The Labute approximate surface area is 210 Å². The van der Waals surface area contributed by atoms with Gasteiger partial charge in [0.15, 0.2) is 17.1 Å². The first-order valence-corrected chi connectivity index (χ1v) is 11.8. The summed E-state index contributed by atoms with van der Waals surface area (Å²) in [5, 5.41) is 48.9. The van der Waals surface area contributed by atoms with E-state index in [4.69, 9.17) is 5.73 Å². The third-order valence-corrected chi connectivity index (χ3v) is 7.12. The van der Waals surface area contributed by atoms with Crippen LogP contribution in [0.5, 0.6) is 5.75 Å². The number of benzene rings is 1. The van der Waals surface area contributed by atoms with Crippen molar-refractivity contribution >= 4 is 34.8 Å². The number of ketones is 2. The van der Waals surface area contributed by atoms with Crippen molar-refractivity contribution in [2.45, 2.75) is 38.7 Å². The quantitative estimate of drug-likeness (QED) is 0.210. The molecule has 12 heteroatoms. The van der Waals surface area contributed by atoms with Crippen LogP contribution in [0, 0.1) is 23.6 Å². The zero-order chi connectivity index (χ0) is 27.4. The second-order valence-electron chi connectivity index (χ2n) is 10.1. The van der Waals surface area contributed by atoms with E-state index in [1.807, 2.05) is 13.8 Å². The molecule has 0 heterocycles. The van der Waals surface area contributed by atoms with E-state index in [1.165, 1.54) is 0 Å². The molecule has 11 nitrogen and oxygen atoms in total. The van der Waals surface area contributed by atoms with Gasteiger partial charge in [0.2, 0.25) is 11.7 Å². The number of hydrogen-bond donors (Lipinski definition) is 7. The molecule has 0 aliphatic heterocycles. The second-order valence-corrected chi connectivity index (χ2v) is 10.1. The number of phenolic OH excluding ortho intramolecular Hbond substituents is 1. The Bertz CT molecular complexity index is 1300. The van der Waals surface area contributed by atoms with E-state index in [-0.39, 0.29) is 36.6 Å². The predicted molar refractivity (Wildman–Crippen MR) is 128 cm³/mol. The topological polar surface area (TPSA) is 199 Å². The number of nitrogens with two attached hydrogens (primary N) is 1. The molecule has 0 bridgehead atoms. The third-order valence-electron chi connectivity index (χ3n) is 7.12. The van der Waals surface area contributed by atoms with E-state index in [2.05, 4.69) is 10.6 Å². The van der Waals surface area contributed by atoms with Gasteiger partial charge >= 0.3 is 0 Å². The Hall–Kier alpha value is -3.77. The molecular weight excluding hydrogens is 489 g/mol. The summed E-state index contributed by atoms with van der Waals surface area (Å²) >= 11 is 0. The van der Waals surface area contributed by atoms with Gasteiger partial charge < -0.3 is 36.8 Å². The van der Waals surface area contributed by atoms with Crippen molar-refractivity contribution in [1.82, 2.24) is 5.32 Å². The number of aliphatic hydroxyl groups is 3. The highest BCUT2D eigenvalue weighted by Crippen LogP contribution is 2.53. The van der Waals surface area contributed by atoms with Crippen LogP contribution in [0.4, 0.5) is 10.1 Å². The minimum atomic E-state index is -2.71. The Balaban J connectivity index is 1.76. The average molecular weight is 518 g/mol. The Morgan fingerprint density at radius 2 is 1.89 bits per heavy atom. The van der Waals surface area contributed by atoms with Crippen LogP contribution in [-0.4, -0.2) is 62.5 Å². The van der Waals surface area contributed by atoms with Crippen LogP contribution >= 0.6 is 0 Å². The molecule has 2 amide bonds. The van der Waals surface area contributed by atoms with Gasteiger partial charge in [0, 0.05) is 29.5 Å². The fourth-order valence-electron chi connectivity index (χ4n) is 5.41. The highest BCUT2D eigenvalue weighted by atomic mass is 19.1. The van der Waals surface area contributed by atoms with Crippen LogP contribution in [0.1, 0.15) is 37.8 Å². The number of carbonyl (C=O) groups is 4. The van der Waals surface area contributed by atoms with E-state index >= 15 is 4.39 Å². The number of Topliss-reactive ketones (excluding diaryl/α,β-unsaturated/α-hetero) is 2. The molecule has 3 aliphatic rings. The summed E-state index contributed by atoms with van der Waals surface area (Å²) in [7, 11) is 0. The number of anilines is 1. The normalized spacial score (nSPS) is 25.1. The van der Waals surface area contributed by atoms with Crippen LogP contribution in [0.2, 0.25) is 0 Å². The highest BCUT2D eigenvalue weighted by molar-refractivity contribution is 6.22. The van der Waals surface area contributed by atoms with Crippen LogP contribution in [0.15, 0.2) is 23.0 Å². The minimum absolute atomic E-state index is 0.108. The van der Waals surface area contributed by atoms with Gasteiger partial charge in [-0.1, -0.05) is 13.8 Å². The average Bonchev–Trinajstić information content (AvgIpc) is 2.79. The van der Waals surface area contributed by atoms with Crippen molar-refractivity contribution < 1.29 is 44.0 Å². The number of aliphatic hydroxyl groups excluding tert-OH is 2. The molecule has 3 aliphatic carbocycles. The highest BCUT2D eigenvalue weighted by Gasteiger charge is 2.60. The molecule has 1 aromatic carbocycles. The van der Waals surface area contributed by atoms with E-state index in [0.717, 1.165) is 6.07 Å². The number of hydrogen-bond acceptors (Lipinski definition) is 9. The van der Waals surface area contributed by atoms with E-state index < -0.39 is 87.0 Å². The van der Waals surface area contributed by atoms with Gasteiger partial charge in [-0.2, -0.15) is 0 Å². The summed E-state index contributed by atoms with van der Waals surface area (Å²) in [6.45, 7) is 4.31.